The summed E-state index contributed by atoms with van der Waals surface area (Å²) in [6.45, 7) is 1.92. The third kappa shape index (κ3) is 1.99. The minimum atomic E-state index is -0.500. The zero-order valence-corrected chi connectivity index (χ0v) is 8.78. The average Bonchev–Trinajstić information content (AvgIpc) is 2.26. The zero-order chi connectivity index (χ0) is 10.6. The van der Waals surface area contributed by atoms with E-state index >= 15 is 0 Å². The molecule has 0 spiro atoms. The maximum absolute atomic E-state index is 9.73. The number of hydrogen-bond donors (Lipinski definition) is 1. The second-order valence-corrected chi connectivity index (χ2v) is 3.01. The Morgan fingerprint density at radius 2 is 2.00 bits per heavy atom. The number of rotatable bonds is 4. The molecule has 0 bridgehead atoms. The molecular formula is C11H16O3. The molecule has 0 unspecified atom stereocenters. The summed E-state index contributed by atoms with van der Waals surface area (Å²) in [5, 5.41) is 9.73. The third-order valence-electron chi connectivity index (χ3n) is 2.18. The molecule has 78 valence electrons. The molecule has 0 radical (unpaired) electrons. The number of para-hydroxylation sites is 1. The Hall–Kier alpha value is -1.22. The van der Waals surface area contributed by atoms with Gasteiger partial charge in [-0.1, -0.05) is 19.1 Å². The van der Waals surface area contributed by atoms with Gasteiger partial charge in [-0.15, -0.1) is 0 Å². The van der Waals surface area contributed by atoms with E-state index in [0.717, 1.165) is 5.56 Å². The lowest BCUT2D eigenvalue weighted by Gasteiger charge is -2.15. The van der Waals surface area contributed by atoms with Crippen molar-refractivity contribution in [2.75, 3.05) is 14.2 Å². The van der Waals surface area contributed by atoms with Crippen LogP contribution in [0, 0.1) is 0 Å². The summed E-state index contributed by atoms with van der Waals surface area (Å²) in [5.74, 6) is 1.27. The van der Waals surface area contributed by atoms with Crippen molar-refractivity contribution >= 4 is 0 Å². The molecule has 0 heterocycles. The van der Waals surface area contributed by atoms with E-state index in [-0.39, 0.29) is 0 Å². The van der Waals surface area contributed by atoms with Gasteiger partial charge in [-0.25, -0.2) is 0 Å². The molecule has 3 nitrogen and oxygen atoms in total. The molecule has 1 N–H and O–H groups in total. The van der Waals surface area contributed by atoms with Gasteiger partial charge in [-0.2, -0.15) is 0 Å². The quantitative estimate of drug-likeness (QED) is 0.801. The van der Waals surface area contributed by atoms with Crippen LogP contribution in [0.2, 0.25) is 0 Å². The lowest BCUT2D eigenvalue weighted by molar-refractivity contribution is 0.168. The second-order valence-electron chi connectivity index (χ2n) is 3.01. The number of benzene rings is 1. The van der Waals surface area contributed by atoms with Gasteiger partial charge in [0.1, 0.15) is 0 Å². The van der Waals surface area contributed by atoms with Crippen LogP contribution in [-0.4, -0.2) is 19.3 Å². The molecule has 0 fully saturated rings. The molecule has 0 aliphatic heterocycles. The topological polar surface area (TPSA) is 38.7 Å². The Morgan fingerprint density at radius 1 is 1.29 bits per heavy atom. The van der Waals surface area contributed by atoms with Crippen molar-refractivity contribution in [1.29, 1.82) is 0 Å². The largest absolute Gasteiger partial charge is 0.493 e. The van der Waals surface area contributed by atoms with Gasteiger partial charge in [0.25, 0.3) is 0 Å². The van der Waals surface area contributed by atoms with Crippen molar-refractivity contribution in [3.8, 4) is 11.5 Å². The molecule has 1 aromatic rings. The Balaban J connectivity index is 3.14. The van der Waals surface area contributed by atoms with Crippen LogP contribution in [0.1, 0.15) is 25.0 Å². The maximum Gasteiger partial charge on any atom is 0.166 e. The van der Waals surface area contributed by atoms with Gasteiger partial charge in [-0.3, -0.25) is 0 Å². The van der Waals surface area contributed by atoms with Gasteiger partial charge in [-0.05, 0) is 12.5 Å². The summed E-state index contributed by atoms with van der Waals surface area (Å²) in [6, 6.07) is 5.50. The maximum atomic E-state index is 9.73. The molecule has 1 atom stereocenters. The lowest BCUT2D eigenvalue weighted by atomic mass is 10.1. The fraction of sp³-hybridized carbons (Fsp3) is 0.455. The average molecular weight is 196 g/mol. The first-order valence-corrected chi connectivity index (χ1v) is 4.63. The minimum absolute atomic E-state index is 0.500. The highest BCUT2D eigenvalue weighted by Gasteiger charge is 2.14. The summed E-state index contributed by atoms with van der Waals surface area (Å²) < 4.78 is 10.3. The number of ether oxygens (including phenoxy) is 2. The summed E-state index contributed by atoms with van der Waals surface area (Å²) >= 11 is 0. The second kappa shape index (κ2) is 4.86. The molecule has 0 aliphatic rings. The van der Waals surface area contributed by atoms with Crippen LogP contribution in [0.4, 0.5) is 0 Å². The first kappa shape index (κ1) is 10.9. The summed E-state index contributed by atoms with van der Waals surface area (Å²) in [6.07, 6.45) is 0.156. The molecular weight excluding hydrogens is 180 g/mol. The molecule has 0 aliphatic carbocycles. The highest BCUT2D eigenvalue weighted by atomic mass is 16.5. The van der Waals surface area contributed by atoms with E-state index in [2.05, 4.69) is 0 Å². The van der Waals surface area contributed by atoms with Crippen molar-refractivity contribution in [1.82, 2.24) is 0 Å². The van der Waals surface area contributed by atoms with E-state index < -0.39 is 6.10 Å². The van der Waals surface area contributed by atoms with E-state index in [1.807, 2.05) is 25.1 Å². The summed E-state index contributed by atoms with van der Waals surface area (Å²) in [7, 11) is 3.16. The van der Waals surface area contributed by atoms with E-state index in [0.29, 0.717) is 17.9 Å². The van der Waals surface area contributed by atoms with Gasteiger partial charge in [0.05, 0.1) is 20.3 Å². The number of aliphatic hydroxyl groups excluding tert-OH is 1. The van der Waals surface area contributed by atoms with Gasteiger partial charge >= 0.3 is 0 Å². The van der Waals surface area contributed by atoms with Gasteiger partial charge < -0.3 is 14.6 Å². The predicted molar refractivity (Wildman–Crippen MR) is 54.8 cm³/mol. The summed E-state index contributed by atoms with van der Waals surface area (Å²) in [5.41, 5.74) is 0.773. The summed E-state index contributed by atoms with van der Waals surface area (Å²) in [4.78, 5) is 0. The molecule has 0 aromatic heterocycles. The first-order valence-electron chi connectivity index (χ1n) is 4.63. The van der Waals surface area contributed by atoms with Crippen molar-refractivity contribution in [2.24, 2.45) is 0 Å². The van der Waals surface area contributed by atoms with E-state index in [4.69, 9.17) is 9.47 Å². The van der Waals surface area contributed by atoms with E-state index in [1.54, 1.807) is 14.2 Å². The third-order valence-corrected chi connectivity index (χ3v) is 2.18. The SMILES string of the molecule is CC[C@H](O)c1cccc(OC)c1OC. The molecule has 0 amide bonds. The van der Waals surface area contributed by atoms with Gasteiger partial charge in [0.15, 0.2) is 11.5 Å². The van der Waals surface area contributed by atoms with Crippen LogP contribution < -0.4 is 9.47 Å². The number of hydrogen-bond acceptors (Lipinski definition) is 3. The predicted octanol–water partition coefficient (Wildman–Crippen LogP) is 2.15. The van der Waals surface area contributed by atoms with Crippen molar-refractivity contribution in [2.45, 2.75) is 19.4 Å². The fourth-order valence-electron chi connectivity index (χ4n) is 1.39. The van der Waals surface area contributed by atoms with E-state index in [1.165, 1.54) is 0 Å². The highest BCUT2D eigenvalue weighted by Crippen LogP contribution is 2.35. The van der Waals surface area contributed by atoms with Crippen LogP contribution >= 0.6 is 0 Å². The molecule has 1 aromatic carbocycles. The molecule has 0 saturated heterocycles. The van der Waals surface area contributed by atoms with Crippen LogP contribution in [0.3, 0.4) is 0 Å². The molecule has 1 rings (SSSR count). The van der Waals surface area contributed by atoms with Crippen molar-refractivity contribution < 1.29 is 14.6 Å². The van der Waals surface area contributed by atoms with Crippen LogP contribution in [0.25, 0.3) is 0 Å². The number of aliphatic hydroxyl groups is 1. The van der Waals surface area contributed by atoms with Crippen molar-refractivity contribution in [3.05, 3.63) is 23.8 Å². The van der Waals surface area contributed by atoms with Crippen molar-refractivity contribution in [3.63, 3.8) is 0 Å². The van der Waals surface area contributed by atoms with Crippen LogP contribution in [0.15, 0.2) is 18.2 Å². The zero-order valence-electron chi connectivity index (χ0n) is 8.78. The van der Waals surface area contributed by atoms with Crippen LogP contribution in [-0.2, 0) is 0 Å². The normalized spacial score (nSPS) is 12.3. The van der Waals surface area contributed by atoms with Crippen LogP contribution in [0.5, 0.6) is 11.5 Å². The van der Waals surface area contributed by atoms with E-state index in [9.17, 15) is 5.11 Å². The Labute approximate surface area is 84.3 Å². The smallest absolute Gasteiger partial charge is 0.166 e. The highest BCUT2D eigenvalue weighted by molar-refractivity contribution is 5.47. The monoisotopic (exact) mass is 196 g/mol. The Morgan fingerprint density at radius 3 is 2.50 bits per heavy atom. The Bertz CT molecular complexity index is 297. The molecule has 3 heteroatoms. The first-order chi connectivity index (χ1) is 6.74. The molecule has 0 saturated carbocycles. The fourth-order valence-corrected chi connectivity index (χ4v) is 1.39. The van der Waals surface area contributed by atoms with Gasteiger partial charge in [0.2, 0.25) is 0 Å². The standard InChI is InChI=1S/C11H16O3/c1-4-9(12)8-6-5-7-10(13-2)11(8)14-3/h5-7,9,12H,4H2,1-3H3/t9-/m0/s1. The minimum Gasteiger partial charge on any atom is -0.493 e. The lowest BCUT2D eigenvalue weighted by Crippen LogP contribution is -2.00. The van der Waals surface area contributed by atoms with Gasteiger partial charge in [0, 0.05) is 5.56 Å². The Kier molecular flexibility index (Phi) is 3.77. The molecule has 14 heavy (non-hydrogen) atoms. The number of methoxy groups -OCH3 is 2.